The van der Waals surface area contributed by atoms with Crippen LogP contribution in [-0.2, 0) is 6.54 Å². The SMILES string of the molecule is Cc1ccc2ccn(Cc3ccc(I)cc3)c2c1. The van der Waals surface area contributed by atoms with E-state index in [1.807, 2.05) is 0 Å². The van der Waals surface area contributed by atoms with Gasteiger partial charge in [-0.2, -0.15) is 0 Å². The lowest BCUT2D eigenvalue weighted by molar-refractivity contribution is 0.836. The van der Waals surface area contributed by atoms with Gasteiger partial charge in [-0.15, -0.1) is 0 Å². The van der Waals surface area contributed by atoms with Gasteiger partial charge in [0.15, 0.2) is 0 Å². The second kappa shape index (κ2) is 4.76. The Bertz CT molecular complexity index is 680. The molecule has 0 atom stereocenters. The topological polar surface area (TPSA) is 4.93 Å². The van der Waals surface area contributed by atoms with Crippen LogP contribution >= 0.6 is 22.6 Å². The number of aryl methyl sites for hydroxylation is 1. The van der Waals surface area contributed by atoms with E-state index in [1.54, 1.807) is 0 Å². The van der Waals surface area contributed by atoms with Crippen LogP contribution < -0.4 is 0 Å². The number of benzene rings is 2. The van der Waals surface area contributed by atoms with Crippen molar-refractivity contribution in [1.82, 2.24) is 4.57 Å². The molecule has 18 heavy (non-hydrogen) atoms. The second-order valence-corrected chi connectivity index (χ2v) is 5.88. The number of hydrogen-bond acceptors (Lipinski definition) is 0. The summed E-state index contributed by atoms with van der Waals surface area (Å²) in [5.74, 6) is 0. The van der Waals surface area contributed by atoms with Gasteiger partial charge in [-0.25, -0.2) is 0 Å². The predicted octanol–water partition coefficient (Wildman–Crippen LogP) is 4.60. The molecule has 0 saturated heterocycles. The van der Waals surface area contributed by atoms with Crippen molar-refractivity contribution in [3.63, 3.8) is 0 Å². The maximum atomic E-state index is 2.34. The molecule has 2 heteroatoms. The van der Waals surface area contributed by atoms with Gasteiger partial charge in [0.05, 0.1) is 0 Å². The second-order valence-electron chi connectivity index (χ2n) is 4.63. The van der Waals surface area contributed by atoms with Crippen LogP contribution in [-0.4, -0.2) is 4.57 Å². The van der Waals surface area contributed by atoms with E-state index in [0.717, 1.165) is 6.54 Å². The Morgan fingerprint density at radius 1 is 1.00 bits per heavy atom. The van der Waals surface area contributed by atoms with Gasteiger partial charge in [0.1, 0.15) is 0 Å². The highest BCUT2D eigenvalue weighted by Gasteiger charge is 2.02. The molecule has 0 aliphatic carbocycles. The molecule has 0 radical (unpaired) electrons. The van der Waals surface area contributed by atoms with Crippen LogP contribution in [0.3, 0.4) is 0 Å². The smallest absolute Gasteiger partial charge is 0.0486 e. The molecule has 1 aromatic heterocycles. The zero-order valence-electron chi connectivity index (χ0n) is 10.2. The predicted molar refractivity (Wildman–Crippen MR) is 84.9 cm³/mol. The number of nitrogens with zero attached hydrogens (tertiary/aromatic N) is 1. The minimum Gasteiger partial charge on any atom is -0.343 e. The maximum Gasteiger partial charge on any atom is 0.0486 e. The quantitative estimate of drug-likeness (QED) is 0.597. The Kier molecular flexibility index (Phi) is 3.12. The van der Waals surface area contributed by atoms with Crippen molar-refractivity contribution in [2.75, 3.05) is 0 Å². The minimum atomic E-state index is 0.934. The maximum absolute atomic E-state index is 2.34. The first kappa shape index (κ1) is 11.8. The molecule has 0 aliphatic heterocycles. The fourth-order valence-electron chi connectivity index (χ4n) is 2.22. The summed E-state index contributed by atoms with van der Waals surface area (Å²) >= 11 is 2.34. The standard InChI is InChI=1S/C16H14IN/c1-12-2-5-14-8-9-18(16(14)10-12)11-13-3-6-15(17)7-4-13/h2-10H,11H2,1H3. The Balaban J connectivity index is 1.99. The Hall–Kier alpha value is -1.29. The summed E-state index contributed by atoms with van der Waals surface area (Å²) in [6, 6.07) is 17.5. The Morgan fingerprint density at radius 2 is 1.78 bits per heavy atom. The molecule has 0 N–H and O–H groups in total. The Morgan fingerprint density at radius 3 is 2.56 bits per heavy atom. The van der Waals surface area contributed by atoms with E-state index in [-0.39, 0.29) is 0 Å². The third-order valence-corrected chi connectivity index (χ3v) is 3.91. The summed E-state index contributed by atoms with van der Waals surface area (Å²) < 4.78 is 3.59. The third-order valence-electron chi connectivity index (χ3n) is 3.20. The number of rotatable bonds is 2. The molecule has 2 aromatic carbocycles. The van der Waals surface area contributed by atoms with Crippen LogP contribution in [0.25, 0.3) is 10.9 Å². The molecule has 1 nitrogen and oxygen atoms in total. The molecule has 0 fully saturated rings. The first-order chi connectivity index (χ1) is 8.72. The lowest BCUT2D eigenvalue weighted by atomic mass is 10.2. The van der Waals surface area contributed by atoms with E-state index in [4.69, 9.17) is 0 Å². The van der Waals surface area contributed by atoms with Crippen molar-refractivity contribution in [2.45, 2.75) is 13.5 Å². The highest BCUT2D eigenvalue weighted by molar-refractivity contribution is 14.1. The summed E-state index contributed by atoms with van der Waals surface area (Å²) in [5.41, 5.74) is 3.97. The van der Waals surface area contributed by atoms with Crippen molar-refractivity contribution in [3.8, 4) is 0 Å². The molecule has 90 valence electrons. The van der Waals surface area contributed by atoms with Crippen LogP contribution in [0.2, 0.25) is 0 Å². The van der Waals surface area contributed by atoms with Crippen LogP contribution in [0.4, 0.5) is 0 Å². The minimum absolute atomic E-state index is 0.934. The fourth-order valence-corrected chi connectivity index (χ4v) is 2.58. The highest BCUT2D eigenvalue weighted by atomic mass is 127. The molecule has 0 bridgehead atoms. The molecular weight excluding hydrogens is 333 g/mol. The molecule has 1 heterocycles. The molecule has 0 amide bonds. The Labute approximate surface area is 121 Å². The largest absolute Gasteiger partial charge is 0.343 e. The zero-order chi connectivity index (χ0) is 12.5. The van der Waals surface area contributed by atoms with E-state index in [1.165, 1.54) is 25.6 Å². The van der Waals surface area contributed by atoms with Crippen molar-refractivity contribution in [3.05, 3.63) is 69.4 Å². The van der Waals surface area contributed by atoms with E-state index in [9.17, 15) is 0 Å². The van der Waals surface area contributed by atoms with Gasteiger partial charge in [-0.1, -0.05) is 24.3 Å². The average molecular weight is 347 g/mol. The van der Waals surface area contributed by atoms with Crippen molar-refractivity contribution in [1.29, 1.82) is 0 Å². The van der Waals surface area contributed by atoms with E-state index in [0.29, 0.717) is 0 Å². The van der Waals surface area contributed by atoms with Gasteiger partial charge < -0.3 is 4.57 Å². The third kappa shape index (κ3) is 2.29. The lowest BCUT2D eigenvalue weighted by Crippen LogP contribution is -1.97. The van der Waals surface area contributed by atoms with Crippen LogP contribution in [0.1, 0.15) is 11.1 Å². The number of hydrogen-bond donors (Lipinski definition) is 0. The van der Waals surface area contributed by atoms with Crippen molar-refractivity contribution < 1.29 is 0 Å². The summed E-state index contributed by atoms with van der Waals surface area (Å²) in [6.07, 6.45) is 2.17. The van der Waals surface area contributed by atoms with Gasteiger partial charge in [0.25, 0.3) is 0 Å². The molecule has 3 rings (SSSR count). The summed E-state index contributed by atoms with van der Waals surface area (Å²) in [4.78, 5) is 0. The van der Waals surface area contributed by atoms with E-state index < -0.39 is 0 Å². The lowest BCUT2D eigenvalue weighted by Gasteiger charge is -2.06. The fraction of sp³-hybridized carbons (Fsp3) is 0.125. The van der Waals surface area contributed by atoms with Gasteiger partial charge >= 0.3 is 0 Å². The van der Waals surface area contributed by atoms with Crippen molar-refractivity contribution >= 4 is 33.5 Å². The molecule has 0 spiro atoms. The van der Waals surface area contributed by atoms with Gasteiger partial charge in [-0.3, -0.25) is 0 Å². The molecular formula is C16H14IN. The molecule has 0 aliphatic rings. The van der Waals surface area contributed by atoms with Crippen molar-refractivity contribution in [2.24, 2.45) is 0 Å². The monoisotopic (exact) mass is 347 g/mol. The highest BCUT2D eigenvalue weighted by Crippen LogP contribution is 2.19. The number of fused-ring (bicyclic) bond motifs is 1. The average Bonchev–Trinajstić information content (AvgIpc) is 2.75. The van der Waals surface area contributed by atoms with Crippen LogP contribution in [0, 0.1) is 10.5 Å². The zero-order valence-corrected chi connectivity index (χ0v) is 12.4. The van der Waals surface area contributed by atoms with Crippen LogP contribution in [0.5, 0.6) is 0 Å². The van der Waals surface area contributed by atoms with E-state index in [2.05, 4.69) is 88.8 Å². The van der Waals surface area contributed by atoms with Gasteiger partial charge in [0.2, 0.25) is 0 Å². The first-order valence-electron chi connectivity index (χ1n) is 6.02. The number of halogens is 1. The summed E-state index contributed by atoms with van der Waals surface area (Å²) in [5, 5.41) is 1.31. The first-order valence-corrected chi connectivity index (χ1v) is 7.10. The summed E-state index contributed by atoms with van der Waals surface area (Å²) in [7, 11) is 0. The van der Waals surface area contributed by atoms with Gasteiger partial charge in [0, 0.05) is 21.8 Å². The van der Waals surface area contributed by atoms with Gasteiger partial charge in [-0.05, 0) is 70.3 Å². The molecule has 0 unspecified atom stereocenters. The summed E-state index contributed by atoms with van der Waals surface area (Å²) in [6.45, 7) is 3.07. The van der Waals surface area contributed by atoms with E-state index >= 15 is 0 Å². The molecule has 3 aromatic rings. The molecule has 0 saturated carbocycles. The number of aromatic nitrogens is 1. The normalized spacial score (nSPS) is 11.0. The van der Waals surface area contributed by atoms with Crippen LogP contribution in [0.15, 0.2) is 54.7 Å².